The zero-order valence-electron chi connectivity index (χ0n) is 14.4. The fraction of sp³-hybridized carbons (Fsp3) is 0.136. The Morgan fingerprint density at radius 3 is 1.81 bits per heavy atom. The third kappa shape index (κ3) is 3.59. The fourth-order valence-electron chi connectivity index (χ4n) is 3.19. The van der Waals surface area contributed by atoms with Crippen LogP contribution in [0.25, 0.3) is 0 Å². The molecule has 0 bridgehead atoms. The summed E-state index contributed by atoms with van der Waals surface area (Å²) in [6.45, 7) is -0.362. The third-order valence-electron chi connectivity index (χ3n) is 4.54. The molecule has 0 aromatic heterocycles. The minimum Gasteiger partial charge on any atom is -0.392 e. The topological polar surface area (TPSA) is 64.2 Å². The Morgan fingerprint density at radius 2 is 1.37 bits per heavy atom. The highest BCUT2D eigenvalue weighted by Gasteiger charge is 2.35. The van der Waals surface area contributed by atoms with Crippen LogP contribution in [-0.4, -0.2) is 10.2 Å². The van der Waals surface area contributed by atoms with E-state index in [1.807, 2.05) is 6.07 Å². The van der Waals surface area contributed by atoms with Crippen LogP contribution in [0.15, 0.2) is 66.7 Å². The molecule has 0 atom stereocenters. The molecule has 0 amide bonds. The van der Waals surface area contributed by atoms with E-state index in [0.717, 1.165) is 0 Å². The van der Waals surface area contributed by atoms with E-state index in [1.54, 1.807) is 18.2 Å². The lowest BCUT2D eigenvalue weighted by molar-refractivity contribution is 0.122. The normalized spacial score (nSPS) is 11.2. The summed E-state index contributed by atoms with van der Waals surface area (Å²) in [5.74, 6) is -0.904. The number of nitrogens with zero attached hydrogens (tertiary/aromatic N) is 1. The van der Waals surface area contributed by atoms with Crippen LogP contribution >= 0.6 is 0 Å². The van der Waals surface area contributed by atoms with Crippen molar-refractivity contribution in [2.24, 2.45) is 0 Å². The molecule has 3 nitrogen and oxygen atoms in total. The van der Waals surface area contributed by atoms with Crippen molar-refractivity contribution in [3.05, 3.63) is 106 Å². The minimum absolute atomic E-state index is 0.165. The van der Waals surface area contributed by atoms with Gasteiger partial charge in [0.25, 0.3) is 0 Å². The molecule has 0 saturated carbocycles. The Morgan fingerprint density at radius 1 is 0.852 bits per heavy atom. The van der Waals surface area contributed by atoms with Crippen LogP contribution in [-0.2, 0) is 18.6 Å². The highest BCUT2D eigenvalue weighted by atomic mass is 19.1. The maximum absolute atomic E-state index is 13.4. The molecule has 136 valence electrons. The summed E-state index contributed by atoms with van der Waals surface area (Å²) in [6, 6.07) is 17.7. The van der Waals surface area contributed by atoms with Gasteiger partial charge in [-0.3, -0.25) is 0 Å². The Kier molecular flexibility index (Phi) is 5.31. The van der Waals surface area contributed by atoms with E-state index >= 15 is 0 Å². The zero-order valence-corrected chi connectivity index (χ0v) is 14.4. The maximum atomic E-state index is 13.4. The molecule has 0 aliphatic heterocycles. The fourth-order valence-corrected chi connectivity index (χ4v) is 3.19. The van der Waals surface area contributed by atoms with E-state index in [-0.39, 0.29) is 13.0 Å². The second kappa shape index (κ2) is 7.67. The maximum Gasteiger partial charge on any atom is 0.140 e. The number of aliphatic hydroxyl groups excluding tert-OH is 1. The van der Waals surface area contributed by atoms with Crippen LogP contribution in [0.1, 0.15) is 27.8 Å². The van der Waals surface area contributed by atoms with Gasteiger partial charge in [-0.25, -0.2) is 8.78 Å². The van der Waals surface area contributed by atoms with Crippen molar-refractivity contribution in [3.63, 3.8) is 0 Å². The minimum atomic E-state index is -1.73. The SMILES string of the molecule is N#CCc1ccc(C(O)(c2ccc(F)cc2)c2ccc(F)cc2)c(CO)c1. The number of rotatable bonds is 5. The summed E-state index contributed by atoms with van der Waals surface area (Å²) < 4.78 is 26.8. The monoisotopic (exact) mass is 365 g/mol. The lowest BCUT2D eigenvalue weighted by atomic mass is 9.78. The first-order valence-electron chi connectivity index (χ1n) is 8.33. The molecule has 0 saturated heterocycles. The zero-order chi connectivity index (χ0) is 19.4. The largest absolute Gasteiger partial charge is 0.392 e. The van der Waals surface area contributed by atoms with Crippen molar-refractivity contribution in [2.45, 2.75) is 18.6 Å². The third-order valence-corrected chi connectivity index (χ3v) is 4.54. The number of aliphatic hydroxyl groups is 2. The van der Waals surface area contributed by atoms with Crippen molar-refractivity contribution in [1.82, 2.24) is 0 Å². The van der Waals surface area contributed by atoms with E-state index in [4.69, 9.17) is 5.26 Å². The molecule has 0 aliphatic carbocycles. The summed E-state index contributed by atoms with van der Waals surface area (Å²) in [6.07, 6.45) is 0.165. The van der Waals surface area contributed by atoms with Crippen LogP contribution < -0.4 is 0 Å². The van der Waals surface area contributed by atoms with Crippen molar-refractivity contribution in [3.8, 4) is 6.07 Å². The average Bonchev–Trinajstić information content (AvgIpc) is 2.68. The molecule has 0 radical (unpaired) electrons. The highest BCUT2D eigenvalue weighted by molar-refractivity contribution is 5.51. The molecule has 2 N–H and O–H groups in total. The van der Waals surface area contributed by atoms with Gasteiger partial charge in [0, 0.05) is 0 Å². The molecule has 0 fully saturated rings. The lowest BCUT2D eigenvalue weighted by Crippen LogP contribution is -2.30. The summed E-state index contributed by atoms with van der Waals surface area (Å²) in [5.41, 5.74) is 0.524. The lowest BCUT2D eigenvalue weighted by Gasteiger charge is -2.32. The van der Waals surface area contributed by atoms with Crippen LogP contribution in [0.4, 0.5) is 8.78 Å². The molecule has 27 heavy (non-hydrogen) atoms. The predicted octanol–water partition coefficient (Wildman–Crippen LogP) is 3.81. The molecule has 3 aromatic rings. The molecule has 0 spiro atoms. The summed E-state index contributed by atoms with van der Waals surface area (Å²) >= 11 is 0. The Hall–Kier alpha value is -3.07. The van der Waals surface area contributed by atoms with E-state index in [9.17, 15) is 19.0 Å². The van der Waals surface area contributed by atoms with Crippen molar-refractivity contribution < 1.29 is 19.0 Å². The predicted molar refractivity (Wildman–Crippen MR) is 96.6 cm³/mol. The van der Waals surface area contributed by atoms with Gasteiger partial charge in [-0.2, -0.15) is 5.26 Å². The Labute approximate surface area is 155 Å². The first-order chi connectivity index (χ1) is 13.0. The van der Waals surface area contributed by atoms with Crippen LogP contribution in [0.5, 0.6) is 0 Å². The summed E-state index contributed by atoms with van der Waals surface area (Å²) in [7, 11) is 0. The number of hydrogen-bond acceptors (Lipinski definition) is 3. The molecule has 0 unspecified atom stereocenters. The standard InChI is InChI=1S/C22H17F2NO2/c23-19-6-2-17(3-7-19)22(27,18-4-8-20(24)9-5-18)21-10-1-15(11-12-25)13-16(21)14-26/h1-10,13,26-27H,11,14H2. The Balaban J connectivity index is 2.26. The smallest absolute Gasteiger partial charge is 0.140 e. The molecular weight excluding hydrogens is 348 g/mol. The number of benzene rings is 3. The van der Waals surface area contributed by atoms with Gasteiger partial charge >= 0.3 is 0 Å². The quantitative estimate of drug-likeness (QED) is 0.676. The number of hydrogen-bond donors (Lipinski definition) is 2. The van der Waals surface area contributed by atoms with Crippen LogP contribution in [0.3, 0.4) is 0 Å². The first kappa shape index (κ1) is 18.7. The second-order valence-corrected chi connectivity index (χ2v) is 6.21. The highest BCUT2D eigenvalue weighted by Crippen LogP contribution is 2.39. The molecule has 3 aromatic carbocycles. The van der Waals surface area contributed by atoms with E-state index in [0.29, 0.717) is 27.8 Å². The number of halogens is 2. The second-order valence-electron chi connectivity index (χ2n) is 6.21. The van der Waals surface area contributed by atoms with Gasteiger partial charge in [0.05, 0.1) is 19.1 Å². The van der Waals surface area contributed by atoms with Gasteiger partial charge in [0.15, 0.2) is 0 Å². The van der Waals surface area contributed by atoms with E-state index in [1.165, 1.54) is 48.5 Å². The summed E-state index contributed by atoms with van der Waals surface area (Å²) in [5, 5.41) is 30.4. The van der Waals surface area contributed by atoms with Crippen LogP contribution in [0.2, 0.25) is 0 Å². The van der Waals surface area contributed by atoms with Crippen LogP contribution in [0, 0.1) is 23.0 Å². The van der Waals surface area contributed by atoms with Gasteiger partial charge in [-0.15, -0.1) is 0 Å². The van der Waals surface area contributed by atoms with Gasteiger partial charge in [-0.1, -0.05) is 42.5 Å². The van der Waals surface area contributed by atoms with Crippen molar-refractivity contribution >= 4 is 0 Å². The molecule has 0 aliphatic rings. The molecule has 5 heteroatoms. The van der Waals surface area contributed by atoms with Crippen molar-refractivity contribution in [1.29, 1.82) is 5.26 Å². The molecule has 0 heterocycles. The molecular formula is C22H17F2NO2. The van der Waals surface area contributed by atoms with Gasteiger partial charge in [0.1, 0.15) is 17.2 Å². The van der Waals surface area contributed by atoms with E-state index in [2.05, 4.69) is 0 Å². The Bertz CT molecular complexity index is 931. The summed E-state index contributed by atoms with van der Waals surface area (Å²) in [4.78, 5) is 0. The van der Waals surface area contributed by atoms with Gasteiger partial charge in [-0.05, 0) is 52.1 Å². The number of nitriles is 1. The van der Waals surface area contributed by atoms with Crippen molar-refractivity contribution in [2.75, 3.05) is 0 Å². The van der Waals surface area contributed by atoms with Gasteiger partial charge in [0.2, 0.25) is 0 Å². The average molecular weight is 365 g/mol. The van der Waals surface area contributed by atoms with E-state index < -0.39 is 17.2 Å². The molecule has 3 rings (SSSR count). The first-order valence-corrected chi connectivity index (χ1v) is 8.33. The van der Waals surface area contributed by atoms with Gasteiger partial charge < -0.3 is 10.2 Å².